The van der Waals surface area contributed by atoms with E-state index in [4.69, 9.17) is 17.3 Å². The number of aromatic nitrogens is 2. The van der Waals surface area contributed by atoms with E-state index in [1.165, 1.54) is 0 Å². The standard InChI is InChI=1S/C8H11ClIN3/c1-2-3-4-5-6(9)12-8(10)13-7(5)11/h2-4H2,1H3,(H2,11,12,13). The minimum absolute atomic E-state index is 0.491. The Balaban J connectivity index is 2.92. The maximum absolute atomic E-state index is 5.93. The Bertz CT molecular complexity index is 280. The Morgan fingerprint density at radius 3 is 2.69 bits per heavy atom. The first kappa shape index (κ1) is 11.0. The molecule has 72 valence electrons. The fourth-order valence-electron chi connectivity index (χ4n) is 1.03. The van der Waals surface area contributed by atoms with E-state index in [1.54, 1.807) is 0 Å². The topological polar surface area (TPSA) is 51.8 Å². The fraction of sp³-hybridized carbons (Fsp3) is 0.500. The lowest BCUT2D eigenvalue weighted by molar-refractivity contribution is 0.789. The number of hydrogen-bond acceptors (Lipinski definition) is 3. The molecule has 0 saturated heterocycles. The molecular formula is C8H11ClIN3. The first-order valence-corrected chi connectivity index (χ1v) is 5.58. The van der Waals surface area contributed by atoms with Gasteiger partial charge in [0.15, 0.2) is 3.83 Å². The summed E-state index contributed by atoms with van der Waals surface area (Å²) in [6, 6.07) is 0. The zero-order valence-electron chi connectivity index (χ0n) is 7.35. The molecular weight excluding hydrogens is 300 g/mol. The van der Waals surface area contributed by atoms with Crippen LogP contribution in [0.1, 0.15) is 25.3 Å². The molecule has 0 saturated carbocycles. The van der Waals surface area contributed by atoms with Gasteiger partial charge in [0.1, 0.15) is 11.0 Å². The van der Waals surface area contributed by atoms with E-state index in [0.29, 0.717) is 14.8 Å². The summed E-state index contributed by atoms with van der Waals surface area (Å²) in [7, 11) is 0. The largest absolute Gasteiger partial charge is 0.383 e. The minimum atomic E-state index is 0.491. The molecule has 0 aromatic carbocycles. The van der Waals surface area contributed by atoms with E-state index in [9.17, 15) is 0 Å². The van der Waals surface area contributed by atoms with Gasteiger partial charge >= 0.3 is 0 Å². The summed E-state index contributed by atoms with van der Waals surface area (Å²) < 4.78 is 0.598. The van der Waals surface area contributed by atoms with Gasteiger partial charge in [0.25, 0.3) is 0 Å². The second-order valence-electron chi connectivity index (χ2n) is 2.75. The highest BCUT2D eigenvalue weighted by Crippen LogP contribution is 2.21. The van der Waals surface area contributed by atoms with Crippen molar-refractivity contribution in [3.63, 3.8) is 0 Å². The molecule has 5 heteroatoms. The maximum atomic E-state index is 5.93. The lowest BCUT2D eigenvalue weighted by atomic mass is 10.1. The van der Waals surface area contributed by atoms with Gasteiger partial charge in [-0.15, -0.1) is 0 Å². The Hall–Kier alpha value is -0.100. The van der Waals surface area contributed by atoms with Crippen LogP contribution in [0.25, 0.3) is 0 Å². The van der Waals surface area contributed by atoms with Gasteiger partial charge < -0.3 is 5.73 Å². The number of hydrogen-bond donors (Lipinski definition) is 1. The molecule has 0 aliphatic carbocycles. The quantitative estimate of drug-likeness (QED) is 0.530. The Morgan fingerprint density at radius 1 is 1.46 bits per heavy atom. The van der Waals surface area contributed by atoms with Crippen LogP contribution in [-0.4, -0.2) is 9.97 Å². The average Bonchev–Trinajstić information content (AvgIpc) is 2.02. The molecule has 1 heterocycles. The summed E-state index contributed by atoms with van der Waals surface area (Å²) in [6.45, 7) is 2.12. The summed E-state index contributed by atoms with van der Waals surface area (Å²) in [5.41, 5.74) is 6.60. The molecule has 0 aliphatic rings. The third kappa shape index (κ3) is 2.95. The number of nitrogens with zero attached hydrogens (tertiary/aromatic N) is 2. The molecule has 0 unspecified atom stereocenters. The monoisotopic (exact) mass is 311 g/mol. The lowest BCUT2D eigenvalue weighted by Crippen LogP contribution is -2.03. The highest BCUT2D eigenvalue weighted by Gasteiger charge is 2.08. The van der Waals surface area contributed by atoms with Crippen LogP contribution in [0.3, 0.4) is 0 Å². The van der Waals surface area contributed by atoms with E-state index in [-0.39, 0.29) is 0 Å². The highest BCUT2D eigenvalue weighted by atomic mass is 127. The minimum Gasteiger partial charge on any atom is -0.383 e. The summed E-state index contributed by atoms with van der Waals surface area (Å²) in [5.74, 6) is 0.512. The first-order valence-electron chi connectivity index (χ1n) is 4.12. The van der Waals surface area contributed by atoms with E-state index < -0.39 is 0 Å². The smallest absolute Gasteiger partial charge is 0.194 e. The molecule has 0 radical (unpaired) electrons. The van der Waals surface area contributed by atoms with Crippen molar-refractivity contribution in [1.29, 1.82) is 0 Å². The summed E-state index contributed by atoms with van der Waals surface area (Å²) >= 11 is 7.93. The third-order valence-electron chi connectivity index (χ3n) is 1.74. The second-order valence-corrected chi connectivity index (χ2v) is 4.07. The Kier molecular flexibility index (Phi) is 4.18. The summed E-state index contributed by atoms with van der Waals surface area (Å²) in [6.07, 6.45) is 3.04. The normalized spacial score (nSPS) is 10.4. The number of nitrogen functional groups attached to an aromatic ring is 1. The van der Waals surface area contributed by atoms with E-state index in [1.807, 2.05) is 22.6 Å². The van der Waals surface area contributed by atoms with E-state index in [0.717, 1.165) is 24.8 Å². The summed E-state index contributed by atoms with van der Waals surface area (Å²) in [4.78, 5) is 8.10. The average molecular weight is 312 g/mol. The number of rotatable bonds is 3. The van der Waals surface area contributed by atoms with Crippen molar-refractivity contribution >= 4 is 40.0 Å². The second kappa shape index (κ2) is 4.95. The molecule has 1 aromatic heterocycles. The number of anilines is 1. The molecule has 1 aromatic rings. The van der Waals surface area contributed by atoms with Crippen LogP contribution in [0.4, 0.5) is 5.82 Å². The van der Waals surface area contributed by atoms with Crippen LogP contribution in [0, 0.1) is 3.83 Å². The van der Waals surface area contributed by atoms with Crippen LogP contribution in [0.2, 0.25) is 5.15 Å². The van der Waals surface area contributed by atoms with Gasteiger partial charge in [-0.25, -0.2) is 9.97 Å². The van der Waals surface area contributed by atoms with Crippen LogP contribution in [0.15, 0.2) is 0 Å². The van der Waals surface area contributed by atoms with Crippen LogP contribution < -0.4 is 5.73 Å². The van der Waals surface area contributed by atoms with Gasteiger partial charge in [-0.3, -0.25) is 0 Å². The fourth-order valence-corrected chi connectivity index (χ4v) is 1.95. The van der Waals surface area contributed by atoms with Crippen LogP contribution >= 0.6 is 34.2 Å². The van der Waals surface area contributed by atoms with Crippen molar-refractivity contribution in [1.82, 2.24) is 9.97 Å². The number of nitrogens with two attached hydrogens (primary N) is 1. The van der Waals surface area contributed by atoms with Gasteiger partial charge in [-0.2, -0.15) is 0 Å². The molecule has 0 bridgehead atoms. The van der Waals surface area contributed by atoms with Crippen molar-refractivity contribution in [2.75, 3.05) is 5.73 Å². The lowest BCUT2D eigenvalue weighted by Gasteiger charge is -2.05. The molecule has 0 atom stereocenters. The zero-order chi connectivity index (χ0) is 9.84. The molecule has 0 aliphatic heterocycles. The number of unbranched alkanes of at least 4 members (excludes halogenated alkanes) is 1. The van der Waals surface area contributed by atoms with Crippen molar-refractivity contribution in [2.45, 2.75) is 26.2 Å². The molecule has 0 spiro atoms. The number of halogens is 2. The third-order valence-corrected chi connectivity index (χ3v) is 2.54. The predicted molar refractivity (Wildman–Crippen MR) is 62.8 cm³/mol. The van der Waals surface area contributed by atoms with Crippen LogP contribution in [0.5, 0.6) is 0 Å². The van der Waals surface area contributed by atoms with Crippen molar-refractivity contribution in [2.24, 2.45) is 0 Å². The molecule has 13 heavy (non-hydrogen) atoms. The molecule has 3 nitrogen and oxygen atoms in total. The van der Waals surface area contributed by atoms with E-state index in [2.05, 4.69) is 16.9 Å². The van der Waals surface area contributed by atoms with Crippen molar-refractivity contribution < 1.29 is 0 Å². The Labute approximate surface area is 96.2 Å². The molecule has 1 rings (SSSR count). The van der Waals surface area contributed by atoms with Gasteiger partial charge in [0.05, 0.1) is 0 Å². The highest BCUT2D eigenvalue weighted by molar-refractivity contribution is 14.1. The molecule has 0 amide bonds. The van der Waals surface area contributed by atoms with Gasteiger partial charge in [-0.1, -0.05) is 24.9 Å². The van der Waals surface area contributed by atoms with Gasteiger partial charge in [0, 0.05) is 28.2 Å². The molecule has 2 N–H and O–H groups in total. The van der Waals surface area contributed by atoms with Crippen molar-refractivity contribution in [3.05, 3.63) is 14.5 Å². The Morgan fingerprint density at radius 2 is 2.15 bits per heavy atom. The zero-order valence-corrected chi connectivity index (χ0v) is 10.3. The summed E-state index contributed by atoms with van der Waals surface area (Å²) in [5, 5.41) is 0.491. The maximum Gasteiger partial charge on any atom is 0.194 e. The van der Waals surface area contributed by atoms with Gasteiger partial charge in [0.2, 0.25) is 0 Å². The SMILES string of the molecule is CCCCc1c(N)nc(I)nc1Cl. The first-order chi connectivity index (χ1) is 6.15. The van der Waals surface area contributed by atoms with Gasteiger partial charge in [-0.05, 0) is 12.8 Å². The van der Waals surface area contributed by atoms with Crippen LogP contribution in [-0.2, 0) is 6.42 Å². The molecule has 0 fully saturated rings. The predicted octanol–water partition coefficient (Wildman–Crippen LogP) is 2.66. The van der Waals surface area contributed by atoms with Crippen molar-refractivity contribution in [3.8, 4) is 0 Å². The van der Waals surface area contributed by atoms with E-state index >= 15 is 0 Å².